The fourth-order valence-corrected chi connectivity index (χ4v) is 3.48. The van der Waals surface area contributed by atoms with Crippen molar-refractivity contribution in [2.45, 2.75) is 13.0 Å². The van der Waals surface area contributed by atoms with Crippen molar-refractivity contribution in [2.24, 2.45) is 0 Å². The Bertz CT molecular complexity index is 413. The zero-order valence-corrected chi connectivity index (χ0v) is 11.3. The predicted molar refractivity (Wildman–Crippen MR) is 67.4 cm³/mol. The molecule has 0 amide bonds. The Morgan fingerprint density at radius 3 is 3.00 bits per heavy atom. The van der Waals surface area contributed by atoms with E-state index in [1.807, 2.05) is 6.20 Å². The van der Waals surface area contributed by atoms with E-state index in [-0.39, 0.29) is 6.04 Å². The highest BCUT2D eigenvalue weighted by atomic mass is 79.9. The van der Waals surface area contributed by atoms with Crippen molar-refractivity contribution in [3.63, 3.8) is 0 Å². The first-order valence-corrected chi connectivity index (χ1v) is 6.97. The summed E-state index contributed by atoms with van der Waals surface area (Å²) in [6, 6.07) is 2.22. The van der Waals surface area contributed by atoms with Gasteiger partial charge in [0.25, 0.3) is 0 Å². The van der Waals surface area contributed by atoms with E-state index in [9.17, 15) is 0 Å². The molecule has 15 heavy (non-hydrogen) atoms. The van der Waals surface area contributed by atoms with Gasteiger partial charge in [-0.3, -0.25) is 0 Å². The normalized spacial score (nSPS) is 12.9. The number of halogens is 1. The highest BCUT2D eigenvalue weighted by molar-refractivity contribution is 9.10. The zero-order valence-electron chi connectivity index (χ0n) is 8.11. The largest absolute Gasteiger partial charge is 0.304 e. The fraction of sp³-hybridized carbons (Fsp3) is 0.333. The third kappa shape index (κ3) is 2.44. The van der Waals surface area contributed by atoms with Crippen LogP contribution < -0.4 is 5.32 Å². The second-order valence-corrected chi connectivity index (χ2v) is 5.31. The second-order valence-electron chi connectivity index (χ2n) is 2.96. The maximum Gasteiger partial charge on any atom is 0.0966 e. The maximum absolute atomic E-state index is 4.29. The third-order valence-corrected chi connectivity index (χ3v) is 4.42. The van der Waals surface area contributed by atoms with Crippen LogP contribution in [0.1, 0.15) is 23.5 Å². The van der Waals surface area contributed by atoms with Gasteiger partial charge in [-0.1, -0.05) is 6.92 Å². The van der Waals surface area contributed by atoms with E-state index < -0.39 is 0 Å². The van der Waals surface area contributed by atoms with Crippen LogP contribution in [-0.4, -0.2) is 15.3 Å². The molecule has 0 fully saturated rings. The van der Waals surface area contributed by atoms with Gasteiger partial charge in [0, 0.05) is 9.35 Å². The fourth-order valence-electron chi connectivity index (χ4n) is 1.35. The van der Waals surface area contributed by atoms with Gasteiger partial charge in [0.1, 0.15) is 0 Å². The summed E-state index contributed by atoms with van der Waals surface area (Å²) in [6.07, 6.45) is 1.82. The molecule has 0 saturated heterocycles. The summed E-state index contributed by atoms with van der Waals surface area (Å²) in [6.45, 7) is 3.00. The number of aromatic nitrogens is 2. The Morgan fingerprint density at radius 1 is 1.60 bits per heavy atom. The Kier molecular flexibility index (Phi) is 3.85. The lowest BCUT2D eigenvalue weighted by molar-refractivity contribution is 0.627. The Labute approximate surface area is 105 Å². The number of hydrogen-bond acceptors (Lipinski definition) is 5. The van der Waals surface area contributed by atoms with E-state index in [1.165, 1.54) is 16.6 Å². The molecule has 80 valence electrons. The van der Waals surface area contributed by atoms with Gasteiger partial charge in [-0.15, -0.1) is 11.3 Å². The van der Waals surface area contributed by atoms with Crippen molar-refractivity contribution in [3.05, 3.63) is 32.7 Å². The molecule has 1 atom stereocenters. The van der Waals surface area contributed by atoms with Crippen LogP contribution in [0, 0.1) is 0 Å². The van der Waals surface area contributed by atoms with Gasteiger partial charge in [0.05, 0.1) is 29.7 Å². The first kappa shape index (κ1) is 11.2. The molecular formula is C9H10BrN3S2. The van der Waals surface area contributed by atoms with Crippen molar-refractivity contribution in [1.29, 1.82) is 0 Å². The molecular weight excluding hydrogens is 294 g/mol. The lowest BCUT2D eigenvalue weighted by Gasteiger charge is -2.13. The topological polar surface area (TPSA) is 37.8 Å². The molecule has 0 aliphatic heterocycles. The van der Waals surface area contributed by atoms with Crippen molar-refractivity contribution >= 4 is 39.0 Å². The van der Waals surface area contributed by atoms with E-state index >= 15 is 0 Å². The van der Waals surface area contributed by atoms with E-state index in [4.69, 9.17) is 0 Å². The summed E-state index contributed by atoms with van der Waals surface area (Å²) in [5, 5.41) is 5.49. The van der Waals surface area contributed by atoms with E-state index in [1.54, 1.807) is 11.3 Å². The molecule has 3 nitrogen and oxygen atoms in total. The molecule has 0 aromatic carbocycles. The summed E-state index contributed by atoms with van der Waals surface area (Å²) in [7, 11) is 0. The first-order valence-electron chi connectivity index (χ1n) is 4.56. The summed E-state index contributed by atoms with van der Waals surface area (Å²) >= 11 is 6.52. The van der Waals surface area contributed by atoms with Crippen LogP contribution in [0.25, 0.3) is 0 Å². The minimum atomic E-state index is 0.156. The molecule has 0 aliphatic rings. The van der Waals surface area contributed by atoms with E-state index in [0.29, 0.717) is 0 Å². The summed E-state index contributed by atoms with van der Waals surface area (Å²) < 4.78 is 9.46. The number of hydrogen-bond donors (Lipinski definition) is 1. The molecule has 6 heteroatoms. The quantitative estimate of drug-likeness (QED) is 0.943. The van der Waals surface area contributed by atoms with Gasteiger partial charge < -0.3 is 5.32 Å². The van der Waals surface area contributed by atoms with Crippen molar-refractivity contribution in [3.8, 4) is 0 Å². The lowest BCUT2D eigenvalue weighted by Crippen LogP contribution is -2.21. The molecule has 1 unspecified atom stereocenters. The lowest BCUT2D eigenvalue weighted by atomic mass is 10.2. The highest BCUT2D eigenvalue weighted by Crippen LogP contribution is 2.32. The smallest absolute Gasteiger partial charge is 0.0966 e. The van der Waals surface area contributed by atoms with Crippen LogP contribution in [-0.2, 0) is 0 Å². The second kappa shape index (κ2) is 5.16. The minimum absolute atomic E-state index is 0.156. The molecule has 2 heterocycles. The molecule has 0 bridgehead atoms. The van der Waals surface area contributed by atoms with Gasteiger partial charge in [-0.25, -0.2) is 0 Å². The first-order chi connectivity index (χ1) is 7.33. The van der Waals surface area contributed by atoms with Gasteiger partial charge in [0.2, 0.25) is 0 Å². The van der Waals surface area contributed by atoms with Gasteiger partial charge in [-0.2, -0.15) is 8.75 Å². The molecule has 2 rings (SSSR count). The van der Waals surface area contributed by atoms with Crippen LogP contribution in [0.3, 0.4) is 0 Å². The molecule has 0 aliphatic carbocycles. The molecule has 2 aromatic rings. The summed E-state index contributed by atoms with van der Waals surface area (Å²) in [5.41, 5.74) is 0.991. The van der Waals surface area contributed by atoms with Crippen LogP contribution in [0.15, 0.2) is 22.1 Å². The van der Waals surface area contributed by atoms with Crippen molar-refractivity contribution in [2.75, 3.05) is 6.54 Å². The van der Waals surface area contributed by atoms with Crippen molar-refractivity contribution < 1.29 is 0 Å². The van der Waals surface area contributed by atoms with Crippen LogP contribution >= 0.6 is 39.0 Å². The van der Waals surface area contributed by atoms with E-state index in [2.05, 4.69) is 48.4 Å². The zero-order chi connectivity index (χ0) is 10.7. The number of thiophene rings is 1. The molecule has 2 aromatic heterocycles. The average molecular weight is 304 g/mol. The van der Waals surface area contributed by atoms with Crippen LogP contribution in [0.5, 0.6) is 0 Å². The highest BCUT2D eigenvalue weighted by Gasteiger charge is 2.19. The SMILES string of the molecule is CCNC(c1cnsn1)c1sccc1Br. The molecule has 0 spiro atoms. The van der Waals surface area contributed by atoms with Crippen LogP contribution in [0.2, 0.25) is 0 Å². The Hall–Kier alpha value is -0.300. The third-order valence-electron chi connectivity index (χ3n) is 1.99. The number of nitrogens with zero attached hydrogens (tertiary/aromatic N) is 2. The van der Waals surface area contributed by atoms with Crippen LogP contribution in [0.4, 0.5) is 0 Å². The Morgan fingerprint density at radius 2 is 2.47 bits per heavy atom. The number of nitrogens with one attached hydrogen (secondary N) is 1. The van der Waals surface area contributed by atoms with Gasteiger partial charge in [0.15, 0.2) is 0 Å². The van der Waals surface area contributed by atoms with Gasteiger partial charge >= 0.3 is 0 Å². The molecule has 0 radical (unpaired) electrons. The van der Waals surface area contributed by atoms with Crippen molar-refractivity contribution in [1.82, 2.24) is 14.1 Å². The van der Waals surface area contributed by atoms with Gasteiger partial charge in [-0.05, 0) is 33.9 Å². The standard InChI is InChI=1S/C9H10BrN3S2/c1-2-11-8(7-5-12-15-13-7)9-6(10)3-4-14-9/h3-5,8,11H,2H2,1H3. The minimum Gasteiger partial charge on any atom is -0.304 e. The van der Waals surface area contributed by atoms with E-state index in [0.717, 1.165) is 16.7 Å². The number of rotatable bonds is 4. The molecule has 1 N–H and O–H groups in total. The summed E-state index contributed by atoms with van der Waals surface area (Å²) in [5.74, 6) is 0. The summed E-state index contributed by atoms with van der Waals surface area (Å²) in [4.78, 5) is 1.25. The molecule has 0 saturated carbocycles. The predicted octanol–water partition coefficient (Wildman–Crippen LogP) is 3.06. The Balaban J connectivity index is 2.32. The monoisotopic (exact) mass is 303 g/mol. The maximum atomic E-state index is 4.29. The average Bonchev–Trinajstić information content (AvgIpc) is 2.85.